The first-order chi connectivity index (χ1) is 18.2. The first kappa shape index (κ1) is 32.5. The van der Waals surface area contributed by atoms with Gasteiger partial charge in [-0.25, -0.2) is 0 Å². The molecule has 0 bridgehead atoms. The molecule has 2 nitrogen and oxygen atoms in total. The monoisotopic (exact) mass is 510 g/mol. The van der Waals surface area contributed by atoms with Gasteiger partial charge in [0.15, 0.2) is 0 Å². The van der Waals surface area contributed by atoms with Crippen LogP contribution in [0.1, 0.15) is 86.4 Å². The smallest absolute Gasteiger partial charge is 0.0420 e. The van der Waals surface area contributed by atoms with Crippen molar-refractivity contribution in [3.8, 4) is 0 Å². The Balaban J connectivity index is 0.000000325. The van der Waals surface area contributed by atoms with Crippen molar-refractivity contribution in [3.05, 3.63) is 95.6 Å². The lowest BCUT2D eigenvalue weighted by Gasteiger charge is -2.37. The molecule has 0 radical (unpaired) electrons. The van der Waals surface area contributed by atoms with E-state index in [0.717, 1.165) is 22.1 Å². The van der Waals surface area contributed by atoms with Gasteiger partial charge in [0, 0.05) is 61.5 Å². The zero-order chi connectivity index (χ0) is 29.2. The highest BCUT2D eigenvalue weighted by Crippen LogP contribution is 2.41. The van der Waals surface area contributed by atoms with Gasteiger partial charge in [0.2, 0.25) is 0 Å². The number of fused-ring (bicyclic) bond motifs is 1. The molecule has 1 aliphatic heterocycles. The lowest BCUT2D eigenvalue weighted by molar-refractivity contribution is 0.458. The van der Waals surface area contributed by atoms with Crippen LogP contribution in [0.15, 0.2) is 73.8 Å². The topological polar surface area (TPSA) is 8.17 Å². The van der Waals surface area contributed by atoms with Crippen LogP contribution in [-0.2, 0) is 0 Å². The molecule has 0 aliphatic carbocycles. The minimum Gasteiger partial charge on any atom is -0.339 e. The van der Waals surface area contributed by atoms with Crippen LogP contribution in [0.5, 0.6) is 0 Å². The summed E-state index contributed by atoms with van der Waals surface area (Å²) in [6.45, 7) is 37.4. The molecule has 0 N–H and O–H groups in total. The molecule has 0 fully saturated rings. The second-order valence-electron chi connectivity index (χ2n) is 8.97. The maximum Gasteiger partial charge on any atom is 0.0420 e. The number of rotatable bonds is 2. The summed E-state index contributed by atoms with van der Waals surface area (Å²) in [4.78, 5) is 2.22. The third-order valence-electron chi connectivity index (χ3n) is 6.27. The Bertz CT molecular complexity index is 1350. The molecule has 38 heavy (non-hydrogen) atoms. The Morgan fingerprint density at radius 1 is 0.526 bits per heavy atom. The summed E-state index contributed by atoms with van der Waals surface area (Å²) >= 11 is 0. The van der Waals surface area contributed by atoms with Crippen molar-refractivity contribution in [1.82, 2.24) is 9.47 Å². The summed E-state index contributed by atoms with van der Waals surface area (Å²) in [6.07, 6.45) is 0. The fraction of sp³-hybridized carbons (Fsp3) is 0.333. The highest BCUT2D eigenvalue weighted by atomic mass is 15.2. The van der Waals surface area contributed by atoms with Crippen molar-refractivity contribution < 1.29 is 0 Å². The van der Waals surface area contributed by atoms with Crippen LogP contribution in [0.3, 0.4) is 0 Å². The Morgan fingerprint density at radius 3 is 1.26 bits per heavy atom. The zero-order valence-electron chi connectivity index (χ0n) is 25.7. The van der Waals surface area contributed by atoms with Crippen LogP contribution in [-0.4, -0.2) is 15.5 Å². The van der Waals surface area contributed by atoms with Gasteiger partial charge in [0.25, 0.3) is 0 Å². The van der Waals surface area contributed by atoms with Crippen LogP contribution in [0, 0.1) is 0 Å². The van der Waals surface area contributed by atoms with Gasteiger partial charge in [-0.05, 0) is 33.1 Å². The van der Waals surface area contributed by atoms with Crippen molar-refractivity contribution in [1.29, 1.82) is 0 Å². The number of hydrogen-bond donors (Lipinski definition) is 0. The second kappa shape index (κ2) is 15.0. The predicted molar refractivity (Wildman–Crippen MR) is 176 cm³/mol. The summed E-state index contributed by atoms with van der Waals surface area (Å²) < 4.78 is 2.19. The molecule has 2 heterocycles. The quantitative estimate of drug-likeness (QED) is 0.260. The van der Waals surface area contributed by atoms with E-state index in [1.165, 1.54) is 32.7 Å². The van der Waals surface area contributed by atoms with Gasteiger partial charge in [0.05, 0.1) is 0 Å². The van der Waals surface area contributed by atoms with Crippen LogP contribution >= 0.6 is 0 Å². The lowest BCUT2D eigenvalue weighted by atomic mass is 9.91. The van der Waals surface area contributed by atoms with Gasteiger partial charge in [-0.3, -0.25) is 0 Å². The molecule has 0 saturated carbocycles. The van der Waals surface area contributed by atoms with Gasteiger partial charge in [-0.1, -0.05) is 129 Å². The SMILES string of the molecule is C=C1c2cccc3cccc(c23)C(=C)N1C(C)C.C=c1c2ccccc2c(=C)n1C(C)C.CC.CC.CC. The molecule has 4 aromatic rings. The summed E-state index contributed by atoms with van der Waals surface area (Å²) in [5.74, 6) is 0. The predicted octanol–water partition coefficient (Wildman–Crippen LogP) is 9.63. The van der Waals surface area contributed by atoms with Crippen molar-refractivity contribution in [2.45, 2.75) is 81.3 Å². The number of benzene rings is 3. The molecular weight excluding hydrogens is 460 g/mol. The fourth-order valence-corrected chi connectivity index (χ4v) is 4.90. The van der Waals surface area contributed by atoms with E-state index in [1.54, 1.807) is 0 Å². The van der Waals surface area contributed by atoms with Gasteiger partial charge in [0.1, 0.15) is 0 Å². The van der Waals surface area contributed by atoms with E-state index in [1.807, 2.05) is 53.7 Å². The molecular formula is C36H50N2. The average molecular weight is 511 g/mol. The van der Waals surface area contributed by atoms with Crippen molar-refractivity contribution in [2.75, 3.05) is 0 Å². The van der Waals surface area contributed by atoms with Gasteiger partial charge in [-0.2, -0.15) is 0 Å². The van der Waals surface area contributed by atoms with E-state index in [4.69, 9.17) is 0 Å². The van der Waals surface area contributed by atoms with Gasteiger partial charge >= 0.3 is 0 Å². The molecule has 0 unspecified atom stereocenters. The molecule has 1 aliphatic rings. The summed E-state index contributed by atoms with van der Waals surface area (Å²) in [7, 11) is 0. The normalized spacial score (nSPS) is 11.6. The van der Waals surface area contributed by atoms with E-state index in [9.17, 15) is 0 Å². The third-order valence-corrected chi connectivity index (χ3v) is 6.27. The Morgan fingerprint density at radius 2 is 0.921 bits per heavy atom. The van der Waals surface area contributed by atoms with E-state index in [0.29, 0.717) is 12.1 Å². The minimum atomic E-state index is 0.369. The van der Waals surface area contributed by atoms with Crippen molar-refractivity contribution in [3.63, 3.8) is 0 Å². The van der Waals surface area contributed by atoms with Gasteiger partial charge in [-0.15, -0.1) is 0 Å². The molecule has 0 saturated heterocycles. The minimum absolute atomic E-state index is 0.369. The maximum atomic E-state index is 4.26. The highest BCUT2D eigenvalue weighted by molar-refractivity contribution is 6.05. The Labute approximate surface area is 232 Å². The Hall–Kier alpha value is -3.52. The van der Waals surface area contributed by atoms with Crippen LogP contribution < -0.4 is 10.7 Å². The number of aromatic nitrogens is 1. The maximum absolute atomic E-state index is 4.26. The molecule has 0 amide bonds. The largest absolute Gasteiger partial charge is 0.339 e. The average Bonchev–Trinajstić information content (AvgIpc) is 3.20. The molecule has 1 aromatic heterocycles. The van der Waals surface area contributed by atoms with E-state index in [2.05, 4.69) is 112 Å². The first-order valence-electron chi connectivity index (χ1n) is 14.2. The third kappa shape index (κ3) is 6.30. The molecule has 2 heteroatoms. The first-order valence-corrected chi connectivity index (χ1v) is 14.2. The van der Waals surface area contributed by atoms with Crippen molar-refractivity contribution in [2.24, 2.45) is 0 Å². The standard InChI is InChI=1S/C17H17N.C13H15N.3C2H6/c1-11(2)18-12(3)15-9-5-7-14-8-6-10-16(13(18)4)17(14)15;1-9(2)14-10(3)12-7-5-6-8-13(12)11(14)4;3*1-2/h5-11H,3-4H2,1-2H3;5-9H,3-4H2,1-2H3;3*1-2H3. The number of nitrogens with zero attached hydrogens (tertiary/aromatic N) is 2. The van der Waals surface area contributed by atoms with Gasteiger partial charge < -0.3 is 9.47 Å². The molecule has 204 valence electrons. The lowest BCUT2D eigenvalue weighted by Crippen LogP contribution is -2.29. The van der Waals surface area contributed by atoms with E-state index in [-0.39, 0.29) is 0 Å². The molecule has 3 aromatic carbocycles. The van der Waals surface area contributed by atoms with E-state index < -0.39 is 0 Å². The fourth-order valence-electron chi connectivity index (χ4n) is 4.90. The highest BCUT2D eigenvalue weighted by Gasteiger charge is 2.25. The zero-order valence-corrected chi connectivity index (χ0v) is 25.7. The summed E-state index contributed by atoms with van der Waals surface area (Å²) in [5.41, 5.74) is 4.56. The van der Waals surface area contributed by atoms with Crippen LogP contribution in [0.25, 0.3) is 46.1 Å². The van der Waals surface area contributed by atoms with Crippen LogP contribution in [0.4, 0.5) is 0 Å². The van der Waals surface area contributed by atoms with Crippen LogP contribution in [0.2, 0.25) is 0 Å². The number of hydrogen-bond acceptors (Lipinski definition) is 1. The Kier molecular flexibility index (Phi) is 12.9. The molecule has 0 spiro atoms. The molecule has 5 rings (SSSR count). The van der Waals surface area contributed by atoms with E-state index >= 15 is 0 Å². The summed E-state index contributed by atoms with van der Waals surface area (Å²) in [5, 5.41) is 7.11. The summed E-state index contributed by atoms with van der Waals surface area (Å²) in [6, 6.07) is 21.9. The van der Waals surface area contributed by atoms with Crippen molar-refractivity contribution >= 4 is 46.1 Å². The second-order valence-corrected chi connectivity index (χ2v) is 8.97. The molecule has 0 atom stereocenters.